The SMILES string of the molecule is C[C@@H]1[C@H](N2CCOCC2)CCN1C(=O)c1ccc(-n2ccnc2)nc1. The van der Waals surface area contributed by atoms with E-state index in [2.05, 4.69) is 21.8 Å². The fourth-order valence-corrected chi connectivity index (χ4v) is 3.83. The average molecular weight is 341 g/mol. The molecule has 0 saturated carbocycles. The minimum Gasteiger partial charge on any atom is -0.379 e. The Kier molecular flexibility index (Phi) is 4.50. The van der Waals surface area contributed by atoms with E-state index in [0.717, 1.165) is 45.1 Å². The summed E-state index contributed by atoms with van der Waals surface area (Å²) in [6.45, 7) is 6.44. The minimum atomic E-state index is 0.0629. The highest BCUT2D eigenvalue weighted by molar-refractivity contribution is 5.94. The number of amides is 1. The second kappa shape index (κ2) is 6.93. The molecule has 0 spiro atoms. The van der Waals surface area contributed by atoms with Gasteiger partial charge in [0, 0.05) is 50.3 Å². The van der Waals surface area contributed by atoms with Crippen LogP contribution < -0.4 is 0 Å². The maximum atomic E-state index is 12.9. The van der Waals surface area contributed by atoms with Crippen LogP contribution in [0.3, 0.4) is 0 Å². The summed E-state index contributed by atoms with van der Waals surface area (Å²) in [6.07, 6.45) is 7.91. The van der Waals surface area contributed by atoms with Crippen molar-refractivity contribution in [3.8, 4) is 5.82 Å². The third-order valence-electron chi connectivity index (χ3n) is 5.25. The molecule has 4 rings (SSSR count). The highest BCUT2D eigenvalue weighted by atomic mass is 16.5. The van der Waals surface area contributed by atoms with Gasteiger partial charge in [-0.3, -0.25) is 14.3 Å². The molecule has 2 atom stereocenters. The molecule has 0 N–H and O–H groups in total. The monoisotopic (exact) mass is 341 g/mol. The van der Waals surface area contributed by atoms with Gasteiger partial charge in [-0.25, -0.2) is 9.97 Å². The van der Waals surface area contributed by atoms with Crippen molar-refractivity contribution in [1.82, 2.24) is 24.3 Å². The molecule has 0 unspecified atom stereocenters. The average Bonchev–Trinajstić information content (AvgIpc) is 3.32. The Labute approximate surface area is 147 Å². The fourth-order valence-electron chi connectivity index (χ4n) is 3.83. The van der Waals surface area contributed by atoms with E-state index in [1.165, 1.54) is 0 Å². The van der Waals surface area contributed by atoms with Crippen LogP contribution in [0.25, 0.3) is 5.82 Å². The molecule has 7 heteroatoms. The Bertz CT molecular complexity index is 710. The van der Waals surface area contributed by atoms with E-state index in [-0.39, 0.29) is 11.9 Å². The summed E-state index contributed by atoms with van der Waals surface area (Å²) in [5.41, 5.74) is 0.637. The van der Waals surface area contributed by atoms with Gasteiger partial charge in [0.2, 0.25) is 0 Å². The van der Waals surface area contributed by atoms with E-state index in [1.807, 2.05) is 27.8 Å². The number of likely N-dealkylation sites (tertiary alicyclic amines) is 1. The molecule has 132 valence electrons. The standard InChI is InChI=1S/C18H23N5O2/c1-14-16(21-8-10-25-11-9-21)4-6-23(14)18(24)15-2-3-17(20-12-15)22-7-5-19-13-22/h2-3,5,7,12-14,16H,4,6,8-11H2,1H3/t14-,16-/m1/s1. The van der Waals surface area contributed by atoms with Gasteiger partial charge in [-0.2, -0.15) is 0 Å². The Hall–Kier alpha value is -2.25. The lowest BCUT2D eigenvalue weighted by Gasteiger charge is -2.35. The summed E-state index contributed by atoms with van der Waals surface area (Å²) in [7, 11) is 0. The predicted octanol–water partition coefficient (Wildman–Crippen LogP) is 1.20. The van der Waals surface area contributed by atoms with E-state index in [1.54, 1.807) is 18.7 Å². The topological polar surface area (TPSA) is 63.5 Å². The van der Waals surface area contributed by atoms with Crippen molar-refractivity contribution in [2.75, 3.05) is 32.8 Å². The largest absolute Gasteiger partial charge is 0.379 e. The molecule has 1 amide bonds. The van der Waals surface area contributed by atoms with Crippen molar-refractivity contribution in [2.45, 2.75) is 25.4 Å². The number of ether oxygens (including phenoxy) is 1. The highest BCUT2D eigenvalue weighted by Crippen LogP contribution is 2.25. The first-order chi connectivity index (χ1) is 12.2. The first kappa shape index (κ1) is 16.2. The number of pyridine rings is 1. The number of aromatic nitrogens is 3. The van der Waals surface area contributed by atoms with Crippen molar-refractivity contribution < 1.29 is 9.53 Å². The molecule has 2 fully saturated rings. The summed E-state index contributed by atoms with van der Waals surface area (Å²) in [6, 6.07) is 4.33. The van der Waals surface area contributed by atoms with Crippen molar-refractivity contribution in [3.63, 3.8) is 0 Å². The lowest BCUT2D eigenvalue weighted by Crippen LogP contribution is -2.49. The number of morpholine rings is 1. The minimum absolute atomic E-state index is 0.0629. The summed E-state index contributed by atoms with van der Waals surface area (Å²) in [5.74, 6) is 0.822. The van der Waals surface area contributed by atoms with Crippen molar-refractivity contribution >= 4 is 5.91 Å². The zero-order valence-corrected chi connectivity index (χ0v) is 14.4. The van der Waals surface area contributed by atoms with Gasteiger partial charge in [-0.05, 0) is 25.5 Å². The Morgan fingerprint density at radius 2 is 2.08 bits per heavy atom. The Balaban J connectivity index is 1.45. The molecule has 2 aliphatic rings. The van der Waals surface area contributed by atoms with E-state index in [9.17, 15) is 4.79 Å². The Morgan fingerprint density at radius 3 is 2.76 bits per heavy atom. The van der Waals surface area contributed by atoms with Crippen LogP contribution >= 0.6 is 0 Å². The van der Waals surface area contributed by atoms with E-state index in [4.69, 9.17) is 4.74 Å². The quantitative estimate of drug-likeness (QED) is 0.839. The van der Waals surface area contributed by atoms with E-state index < -0.39 is 0 Å². The first-order valence-corrected chi connectivity index (χ1v) is 8.81. The van der Waals surface area contributed by atoms with E-state index >= 15 is 0 Å². The number of imidazole rings is 1. The lowest BCUT2D eigenvalue weighted by atomic mass is 10.1. The number of nitrogens with zero attached hydrogens (tertiary/aromatic N) is 5. The van der Waals surface area contributed by atoms with Gasteiger partial charge in [0.05, 0.1) is 18.8 Å². The van der Waals surface area contributed by atoms with Crippen molar-refractivity contribution in [3.05, 3.63) is 42.6 Å². The number of carbonyl (C=O) groups is 1. The number of hydrogen-bond donors (Lipinski definition) is 0. The zero-order chi connectivity index (χ0) is 17.2. The van der Waals surface area contributed by atoms with Crippen LogP contribution in [-0.4, -0.2) is 75.2 Å². The molecular weight excluding hydrogens is 318 g/mol. The molecule has 7 nitrogen and oxygen atoms in total. The third-order valence-corrected chi connectivity index (χ3v) is 5.25. The highest BCUT2D eigenvalue weighted by Gasteiger charge is 2.37. The maximum absolute atomic E-state index is 12.9. The first-order valence-electron chi connectivity index (χ1n) is 8.81. The fraction of sp³-hybridized carbons (Fsp3) is 0.500. The van der Waals surface area contributed by atoms with Crippen LogP contribution in [0.5, 0.6) is 0 Å². The zero-order valence-electron chi connectivity index (χ0n) is 14.4. The third kappa shape index (κ3) is 3.17. The smallest absolute Gasteiger partial charge is 0.255 e. The van der Waals surface area contributed by atoms with Crippen LogP contribution in [0.15, 0.2) is 37.1 Å². The molecule has 2 aromatic heterocycles. The van der Waals surface area contributed by atoms with Gasteiger partial charge in [-0.1, -0.05) is 0 Å². The molecule has 2 aromatic rings. The number of rotatable bonds is 3. The summed E-state index contributed by atoms with van der Waals surface area (Å²) in [4.78, 5) is 25.8. The van der Waals surface area contributed by atoms with Crippen LogP contribution in [0, 0.1) is 0 Å². The molecule has 2 aliphatic heterocycles. The second-order valence-corrected chi connectivity index (χ2v) is 6.62. The predicted molar refractivity (Wildman–Crippen MR) is 92.7 cm³/mol. The summed E-state index contributed by atoms with van der Waals surface area (Å²) >= 11 is 0. The molecule has 0 aliphatic carbocycles. The van der Waals surface area contributed by atoms with Gasteiger partial charge in [0.25, 0.3) is 5.91 Å². The molecule has 2 saturated heterocycles. The summed E-state index contributed by atoms with van der Waals surface area (Å²) in [5, 5.41) is 0. The normalized spacial score (nSPS) is 24.6. The van der Waals surface area contributed by atoms with Crippen LogP contribution in [0.1, 0.15) is 23.7 Å². The number of hydrogen-bond acceptors (Lipinski definition) is 5. The van der Waals surface area contributed by atoms with Crippen LogP contribution in [0.2, 0.25) is 0 Å². The van der Waals surface area contributed by atoms with Gasteiger partial charge in [0.1, 0.15) is 12.1 Å². The maximum Gasteiger partial charge on any atom is 0.255 e. The molecule has 25 heavy (non-hydrogen) atoms. The van der Waals surface area contributed by atoms with Crippen LogP contribution in [-0.2, 0) is 4.74 Å². The Morgan fingerprint density at radius 1 is 1.24 bits per heavy atom. The second-order valence-electron chi connectivity index (χ2n) is 6.62. The van der Waals surface area contributed by atoms with E-state index in [0.29, 0.717) is 11.6 Å². The van der Waals surface area contributed by atoms with Crippen molar-refractivity contribution in [2.24, 2.45) is 0 Å². The number of carbonyl (C=O) groups excluding carboxylic acids is 1. The molecule has 4 heterocycles. The van der Waals surface area contributed by atoms with Gasteiger partial charge >= 0.3 is 0 Å². The van der Waals surface area contributed by atoms with Gasteiger partial charge < -0.3 is 9.64 Å². The lowest BCUT2D eigenvalue weighted by molar-refractivity contribution is 0.0104. The van der Waals surface area contributed by atoms with Gasteiger partial charge in [-0.15, -0.1) is 0 Å². The molecule has 0 bridgehead atoms. The van der Waals surface area contributed by atoms with Crippen LogP contribution in [0.4, 0.5) is 0 Å². The molecule has 0 aromatic carbocycles. The molecular formula is C18H23N5O2. The van der Waals surface area contributed by atoms with Crippen molar-refractivity contribution in [1.29, 1.82) is 0 Å². The molecule has 0 radical (unpaired) electrons. The van der Waals surface area contributed by atoms with Gasteiger partial charge in [0.15, 0.2) is 0 Å². The summed E-state index contributed by atoms with van der Waals surface area (Å²) < 4.78 is 7.26.